The molecule has 0 spiro atoms. The number of amides is 1. The number of rotatable bonds is 1. The molecule has 1 fully saturated rings. The number of ether oxygens (including phenoxy) is 1. The lowest BCUT2D eigenvalue weighted by atomic mass is 9.98. The highest BCUT2D eigenvalue weighted by Gasteiger charge is 2.49. The maximum absolute atomic E-state index is 11.0. The number of nitrogens with zero attached hydrogens (tertiary/aromatic N) is 1. The third kappa shape index (κ3) is 1.83. The van der Waals surface area contributed by atoms with Crippen molar-refractivity contribution in [1.82, 2.24) is 4.90 Å². The first-order valence-electron chi connectivity index (χ1n) is 4.55. The average Bonchev–Trinajstić information content (AvgIpc) is 2.23. The number of aliphatic hydroxyl groups is 1. The lowest BCUT2D eigenvalue weighted by Crippen LogP contribution is -2.54. The summed E-state index contributed by atoms with van der Waals surface area (Å²) in [4.78, 5) is 12.2. The van der Waals surface area contributed by atoms with Crippen LogP contribution in [-0.4, -0.2) is 45.2 Å². The van der Waals surface area contributed by atoms with Crippen LogP contribution >= 0.6 is 0 Å². The quantitative estimate of drug-likeness (QED) is 0.663. The van der Waals surface area contributed by atoms with Gasteiger partial charge in [0, 0.05) is 0 Å². The van der Waals surface area contributed by atoms with Gasteiger partial charge in [-0.2, -0.15) is 0 Å². The van der Waals surface area contributed by atoms with E-state index in [9.17, 15) is 9.90 Å². The Labute approximate surface area is 83.3 Å². The van der Waals surface area contributed by atoms with Crippen LogP contribution < -0.4 is 0 Å². The van der Waals surface area contributed by atoms with Gasteiger partial charge in [0.05, 0.1) is 18.2 Å². The minimum absolute atomic E-state index is 0.225. The summed E-state index contributed by atoms with van der Waals surface area (Å²) < 4.78 is 5.34. The minimum Gasteiger partial charge on any atom is -0.465 e. The fraction of sp³-hybridized carbons (Fsp3) is 0.889. The molecule has 0 radical (unpaired) electrons. The summed E-state index contributed by atoms with van der Waals surface area (Å²) in [5.74, 6) is 0. The van der Waals surface area contributed by atoms with E-state index in [0.29, 0.717) is 0 Å². The molecule has 0 aromatic rings. The van der Waals surface area contributed by atoms with E-state index >= 15 is 0 Å². The van der Waals surface area contributed by atoms with Gasteiger partial charge in [-0.3, -0.25) is 4.90 Å². The Kier molecular flexibility index (Phi) is 2.49. The van der Waals surface area contributed by atoms with E-state index in [0.717, 1.165) is 4.90 Å². The molecule has 0 saturated carbocycles. The second-order valence-corrected chi connectivity index (χ2v) is 4.58. The second-order valence-electron chi connectivity index (χ2n) is 4.58. The summed E-state index contributed by atoms with van der Waals surface area (Å²) >= 11 is 0. The van der Waals surface area contributed by atoms with Gasteiger partial charge >= 0.3 is 6.09 Å². The van der Waals surface area contributed by atoms with Crippen molar-refractivity contribution in [2.24, 2.45) is 0 Å². The number of hydrogen-bond acceptors (Lipinski definition) is 3. The highest BCUT2D eigenvalue weighted by atomic mass is 16.5. The molecule has 1 aliphatic rings. The molecule has 5 heteroatoms. The number of hydrogen-bond donors (Lipinski definition) is 2. The lowest BCUT2D eigenvalue weighted by molar-refractivity contribution is -0.0549. The zero-order chi connectivity index (χ0) is 11.1. The van der Waals surface area contributed by atoms with Crippen LogP contribution in [0.1, 0.15) is 27.7 Å². The van der Waals surface area contributed by atoms with Gasteiger partial charge in [-0.15, -0.1) is 0 Å². The highest BCUT2D eigenvalue weighted by molar-refractivity contribution is 5.67. The van der Waals surface area contributed by atoms with Gasteiger partial charge in [0.2, 0.25) is 0 Å². The van der Waals surface area contributed by atoms with Crippen molar-refractivity contribution >= 4 is 6.09 Å². The van der Waals surface area contributed by atoms with Crippen molar-refractivity contribution in [2.45, 2.75) is 45.1 Å². The summed E-state index contributed by atoms with van der Waals surface area (Å²) in [5.41, 5.74) is -1.96. The first kappa shape index (κ1) is 11.3. The van der Waals surface area contributed by atoms with Crippen LogP contribution in [-0.2, 0) is 4.74 Å². The molecule has 1 amide bonds. The smallest absolute Gasteiger partial charge is 0.410 e. The predicted molar refractivity (Wildman–Crippen MR) is 50.0 cm³/mol. The van der Waals surface area contributed by atoms with Crippen LogP contribution in [0.5, 0.6) is 0 Å². The second kappa shape index (κ2) is 3.10. The van der Waals surface area contributed by atoms with E-state index in [2.05, 4.69) is 0 Å². The SMILES string of the molecule is CC(C)(O)[C@H]1COC(C)(C)N1C(=O)O. The van der Waals surface area contributed by atoms with Crippen molar-refractivity contribution < 1.29 is 19.7 Å². The van der Waals surface area contributed by atoms with Crippen LogP contribution in [0.4, 0.5) is 4.79 Å². The molecule has 0 unspecified atom stereocenters. The van der Waals surface area contributed by atoms with E-state index in [-0.39, 0.29) is 6.61 Å². The fourth-order valence-electron chi connectivity index (χ4n) is 1.69. The molecular weight excluding hydrogens is 186 g/mol. The van der Waals surface area contributed by atoms with Gasteiger partial charge in [0.1, 0.15) is 5.72 Å². The minimum atomic E-state index is -1.09. The molecule has 1 aliphatic heterocycles. The average molecular weight is 203 g/mol. The lowest BCUT2D eigenvalue weighted by Gasteiger charge is -2.36. The molecule has 82 valence electrons. The standard InChI is InChI=1S/C9H17NO4/c1-8(2,13)6-5-14-9(3,4)10(6)7(11)12/h6,13H,5H2,1-4H3,(H,11,12)/t6-/m1/s1. The molecule has 2 N–H and O–H groups in total. The third-order valence-electron chi connectivity index (χ3n) is 2.51. The van der Waals surface area contributed by atoms with Gasteiger partial charge in [0.15, 0.2) is 0 Å². The molecule has 0 bridgehead atoms. The van der Waals surface area contributed by atoms with E-state index in [1.165, 1.54) is 0 Å². The van der Waals surface area contributed by atoms with E-state index in [4.69, 9.17) is 9.84 Å². The Bertz CT molecular complexity index is 244. The van der Waals surface area contributed by atoms with E-state index in [1.807, 2.05) is 0 Å². The molecule has 0 aromatic heterocycles. The topological polar surface area (TPSA) is 70.0 Å². The van der Waals surface area contributed by atoms with Crippen LogP contribution in [0.3, 0.4) is 0 Å². The highest BCUT2D eigenvalue weighted by Crippen LogP contribution is 2.32. The van der Waals surface area contributed by atoms with Crippen LogP contribution in [0.2, 0.25) is 0 Å². The number of carbonyl (C=O) groups is 1. The fourth-order valence-corrected chi connectivity index (χ4v) is 1.69. The van der Waals surface area contributed by atoms with Crippen LogP contribution in [0.25, 0.3) is 0 Å². The predicted octanol–water partition coefficient (Wildman–Crippen LogP) is 0.872. The Morgan fingerprint density at radius 2 is 2.07 bits per heavy atom. The number of carboxylic acid groups (broad SMARTS) is 1. The molecule has 14 heavy (non-hydrogen) atoms. The maximum atomic E-state index is 11.0. The van der Waals surface area contributed by atoms with E-state index in [1.54, 1.807) is 27.7 Å². The Hall–Kier alpha value is -0.810. The zero-order valence-electron chi connectivity index (χ0n) is 8.94. The maximum Gasteiger partial charge on any atom is 0.410 e. The Balaban J connectivity index is 2.96. The molecule has 0 aliphatic carbocycles. The van der Waals surface area contributed by atoms with E-state index < -0.39 is 23.5 Å². The van der Waals surface area contributed by atoms with Crippen molar-refractivity contribution in [3.63, 3.8) is 0 Å². The molecule has 1 rings (SSSR count). The van der Waals surface area contributed by atoms with Crippen LogP contribution in [0.15, 0.2) is 0 Å². The van der Waals surface area contributed by atoms with Gasteiger partial charge in [-0.1, -0.05) is 0 Å². The Morgan fingerprint density at radius 3 is 2.36 bits per heavy atom. The van der Waals surface area contributed by atoms with Crippen molar-refractivity contribution in [3.05, 3.63) is 0 Å². The van der Waals surface area contributed by atoms with Crippen molar-refractivity contribution in [1.29, 1.82) is 0 Å². The summed E-state index contributed by atoms with van der Waals surface area (Å²) in [6.07, 6.45) is -1.07. The summed E-state index contributed by atoms with van der Waals surface area (Å²) in [6, 6.07) is -0.519. The zero-order valence-corrected chi connectivity index (χ0v) is 8.94. The van der Waals surface area contributed by atoms with Gasteiger partial charge in [-0.05, 0) is 27.7 Å². The monoisotopic (exact) mass is 203 g/mol. The van der Waals surface area contributed by atoms with Gasteiger partial charge in [0.25, 0.3) is 0 Å². The summed E-state index contributed by atoms with van der Waals surface area (Å²) in [6.45, 7) is 6.74. The Morgan fingerprint density at radius 1 is 1.57 bits per heavy atom. The molecule has 5 nitrogen and oxygen atoms in total. The van der Waals surface area contributed by atoms with Crippen molar-refractivity contribution in [2.75, 3.05) is 6.61 Å². The largest absolute Gasteiger partial charge is 0.465 e. The van der Waals surface area contributed by atoms with Gasteiger partial charge in [-0.25, -0.2) is 4.79 Å². The molecule has 0 aromatic carbocycles. The third-order valence-corrected chi connectivity index (χ3v) is 2.51. The first-order valence-corrected chi connectivity index (χ1v) is 4.55. The summed E-state index contributed by atoms with van der Waals surface area (Å²) in [5, 5.41) is 18.8. The summed E-state index contributed by atoms with van der Waals surface area (Å²) in [7, 11) is 0. The molecule has 1 atom stereocenters. The van der Waals surface area contributed by atoms with Crippen molar-refractivity contribution in [3.8, 4) is 0 Å². The normalized spacial score (nSPS) is 26.6. The molecular formula is C9H17NO4. The molecule has 1 heterocycles. The molecule has 1 saturated heterocycles. The van der Waals surface area contributed by atoms with Crippen LogP contribution in [0, 0.1) is 0 Å². The first-order chi connectivity index (χ1) is 6.16. The van der Waals surface area contributed by atoms with Gasteiger partial charge < -0.3 is 14.9 Å².